The average Bonchev–Trinajstić information content (AvgIpc) is 2.57. The summed E-state index contributed by atoms with van der Waals surface area (Å²) in [4.78, 5) is 16.1. The fourth-order valence-corrected chi connectivity index (χ4v) is 2.10. The fraction of sp³-hybridized carbons (Fsp3) is 0.333. The van der Waals surface area contributed by atoms with E-state index in [-0.39, 0.29) is 11.7 Å². The minimum atomic E-state index is -0.226. The van der Waals surface area contributed by atoms with Gasteiger partial charge in [0, 0.05) is 19.3 Å². The summed E-state index contributed by atoms with van der Waals surface area (Å²) in [6.45, 7) is 3.47. The molecule has 1 aromatic carbocycles. The lowest BCUT2D eigenvalue weighted by Crippen LogP contribution is -2.24. The lowest BCUT2D eigenvalue weighted by Gasteiger charge is -2.07. The summed E-state index contributed by atoms with van der Waals surface area (Å²) in [5.41, 5.74) is 1.62. The van der Waals surface area contributed by atoms with Crippen LogP contribution in [0.25, 0.3) is 0 Å². The third-order valence-electron chi connectivity index (χ3n) is 3.47. The Kier molecular flexibility index (Phi) is 6.54. The highest BCUT2D eigenvalue weighted by molar-refractivity contribution is 5.94. The minimum Gasteiger partial charge on any atom is -0.370 e. The van der Waals surface area contributed by atoms with Crippen LogP contribution in [-0.2, 0) is 6.42 Å². The summed E-state index contributed by atoms with van der Waals surface area (Å²) in [6, 6.07) is 10.0. The van der Waals surface area contributed by atoms with Crippen LogP contribution < -0.4 is 10.6 Å². The number of halogens is 1. The number of rotatable bonds is 8. The van der Waals surface area contributed by atoms with Gasteiger partial charge in [0.2, 0.25) is 0 Å². The first-order valence-corrected chi connectivity index (χ1v) is 7.91. The third-order valence-corrected chi connectivity index (χ3v) is 3.47. The normalized spacial score (nSPS) is 10.3. The largest absolute Gasteiger partial charge is 0.370 e. The van der Waals surface area contributed by atoms with Crippen molar-refractivity contribution in [3.63, 3.8) is 0 Å². The number of nitrogens with zero attached hydrogens (tertiary/aromatic N) is 1. The number of unbranched alkanes of at least 4 members (excludes halogenated alkanes) is 1. The molecule has 122 valence electrons. The highest BCUT2D eigenvalue weighted by Crippen LogP contribution is 2.07. The Morgan fingerprint density at radius 2 is 1.91 bits per heavy atom. The Balaban J connectivity index is 1.78. The van der Waals surface area contributed by atoms with Crippen molar-refractivity contribution in [3.05, 3.63) is 59.5 Å². The lowest BCUT2D eigenvalue weighted by molar-refractivity contribution is 0.0953. The second-order valence-electron chi connectivity index (χ2n) is 5.34. The Morgan fingerprint density at radius 1 is 1.13 bits per heavy atom. The molecule has 0 aliphatic heterocycles. The molecule has 2 N–H and O–H groups in total. The molecular weight excluding hydrogens is 293 g/mol. The van der Waals surface area contributed by atoms with E-state index in [9.17, 15) is 9.18 Å². The average molecular weight is 315 g/mol. The first-order chi connectivity index (χ1) is 11.2. The van der Waals surface area contributed by atoms with Crippen LogP contribution in [0.3, 0.4) is 0 Å². The number of aromatic nitrogens is 1. The van der Waals surface area contributed by atoms with Gasteiger partial charge < -0.3 is 10.6 Å². The van der Waals surface area contributed by atoms with Gasteiger partial charge in [0.15, 0.2) is 0 Å². The minimum absolute atomic E-state index is 0.0937. The molecule has 1 heterocycles. The summed E-state index contributed by atoms with van der Waals surface area (Å²) < 4.78 is 12.8. The monoisotopic (exact) mass is 315 g/mol. The number of carbonyl (C=O) groups is 1. The zero-order valence-corrected chi connectivity index (χ0v) is 13.3. The molecule has 0 unspecified atom stereocenters. The van der Waals surface area contributed by atoms with Crippen LogP contribution in [0.2, 0.25) is 0 Å². The van der Waals surface area contributed by atoms with Crippen molar-refractivity contribution in [2.75, 3.05) is 18.4 Å². The molecule has 1 aromatic heterocycles. The number of nitrogens with one attached hydrogen (secondary N) is 2. The smallest absolute Gasteiger partial charge is 0.252 e. The summed E-state index contributed by atoms with van der Waals surface area (Å²) in [5.74, 6) is 0.400. The van der Waals surface area contributed by atoms with Crippen molar-refractivity contribution >= 4 is 11.7 Å². The van der Waals surface area contributed by atoms with Gasteiger partial charge in [0.1, 0.15) is 11.6 Å². The molecular formula is C18H22FN3O. The molecule has 0 saturated carbocycles. The van der Waals surface area contributed by atoms with Crippen LogP contribution in [-0.4, -0.2) is 24.0 Å². The van der Waals surface area contributed by atoms with Gasteiger partial charge in [-0.3, -0.25) is 4.79 Å². The van der Waals surface area contributed by atoms with Gasteiger partial charge in [0.25, 0.3) is 5.91 Å². The van der Waals surface area contributed by atoms with E-state index in [2.05, 4.69) is 22.5 Å². The molecule has 0 bridgehead atoms. The molecule has 2 aromatic rings. The van der Waals surface area contributed by atoms with Crippen LogP contribution in [0.1, 0.15) is 35.7 Å². The maximum absolute atomic E-state index is 12.8. The van der Waals surface area contributed by atoms with Gasteiger partial charge in [-0.1, -0.05) is 25.5 Å². The highest BCUT2D eigenvalue weighted by Gasteiger charge is 2.05. The molecule has 4 nitrogen and oxygen atoms in total. The maximum atomic E-state index is 12.8. The molecule has 0 aliphatic carbocycles. The van der Waals surface area contributed by atoms with E-state index >= 15 is 0 Å². The Bertz CT molecular complexity index is 611. The molecule has 0 spiro atoms. The van der Waals surface area contributed by atoms with E-state index < -0.39 is 0 Å². The Labute approximate surface area is 136 Å². The summed E-state index contributed by atoms with van der Waals surface area (Å²) in [5, 5.41) is 6.05. The van der Waals surface area contributed by atoms with E-state index in [1.807, 2.05) is 0 Å². The zero-order chi connectivity index (χ0) is 16.5. The second-order valence-corrected chi connectivity index (χ2v) is 5.34. The number of hydrogen-bond acceptors (Lipinski definition) is 3. The van der Waals surface area contributed by atoms with Crippen molar-refractivity contribution in [1.82, 2.24) is 10.3 Å². The van der Waals surface area contributed by atoms with Crippen molar-refractivity contribution in [2.24, 2.45) is 0 Å². The third kappa shape index (κ3) is 5.70. The number of benzene rings is 1. The SMILES string of the molecule is CCCCNC(=O)c1ccc(NCCc2ccc(F)cc2)nc1. The van der Waals surface area contributed by atoms with Crippen molar-refractivity contribution in [1.29, 1.82) is 0 Å². The number of carbonyl (C=O) groups excluding carboxylic acids is 1. The summed E-state index contributed by atoms with van der Waals surface area (Å²) in [6.07, 6.45) is 4.38. The van der Waals surface area contributed by atoms with Crippen LogP contribution >= 0.6 is 0 Å². The number of amides is 1. The molecule has 0 fully saturated rings. The second kappa shape index (κ2) is 8.88. The first kappa shape index (κ1) is 16.9. The molecule has 5 heteroatoms. The van der Waals surface area contributed by atoms with Gasteiger partial charge in [-0.25, -0.2) is 9.37 Å². The van der Waals surface area contributed by atoms with Gasteiger partial charge >= 0.3 is 0 Å². The van der Waals surface area contributed by atoms with E-state index in [4.69, 9.17) is 0 Å². The number of pyridine rings is 1. The van der Waals surface area contributed by atoms with Crippen LogP contribution in [0, 0.1) is 5.82 Å². The van der Waals surface area contributed by atoms with Crippen molar-refractivity contribution < 1.29 is 9.18 Å². The molecule has 0 atom stereocenters. The Hall–Kier alpha value is -2.43. The number of anilines is 1. The first-order valence-electron chi connectivity index (χ1n) is 7.91. The van der Waals surface area contributed by atoms with E-state index in [0.717, 1.165) is 30.6 Å². The molecule has 0 aliphatic rings. The van der Waals surface area contributed by atoms with E-state index in [1.54, 1.807) is 30.5 Å². The maximum Gasteiger partial charge on any atom is 0.252 e. The molecule has 0 saturated heterocycles. The van der Waals surface area contributed by atoms with Gasteiger partial charge in [-0.15, -0.1) is 0 Å². The zero-order valence-electron chi connectivity index (χ0n) is 13.3. The van der Waals surface area contributed by atoms with Crippen LogP contribution in [0.15, 0.2) is 42.6 Å². The molecule has 2 rings (SSSR count). The van der Waals surface area contributed by atoms with Crippen LogP contribution in [0.4, 0.5) is 10.2 Å². The van der Waals surface area contributed by atoms with Gasteiger partial charge in [-0.05, 0) is 42.7 Å². The summed E-state index contributed by atoms with van der Waals surface area (Å²) in [7, 11) is 0. The molecule has 1 amide bonds. The fourth-order valence-electron chi connectivity index (χ4n) is 2.10. The van der Waals surface area contributed by atoms with Crippen LogP contribution in [0.5, 0.6) is 0 Å². The lowest BCUT2D eigenvalue weighted by atomic mass is 10.1. The van der Waals surface area contributed by atoms with E-state index in [0.29, 0.717) is 18.7 Å². The Morgan fingerprint density at radius 3 is 2.57 bits per heavy atom. The van der Waals surface area contributed by atoms with E-state index in [1.165, 1.54) is 12.1 Å². The predicted molar refractivity (Wildman–Crippen MR) is 90.1 cm³/mol. The predicted octanol–water partition coefficient (Wildman–Crippen LogP) is 3.41. The summed E-state index contributed by atoms with van der Waals surface area (Å²) >= 11 is 0. The topological polar surface area (TPSA) is 54.0 Å². The quantitative estimate of drug-likeness (QED) is 0.734. The van der Waals surface area contributed by atoms with Crippen molar-refractivity contribution in [2.45, 2.75) is 26.2 Å². The van der Waals surface area contributed by atoms with Crippen molar-refractivity contribution in [3.8, 4) is 0 Å². The highest BCUT2D eigenvalue weighted by atomic mass is 19.1. The van der Waals surface area contributed by atoms with Gasteiger partial charge in [-0.2, -0.15) is 0 Å². The molecule has 23 heavy (non-hydrogen) atoms. The number of hydrogen-bond donors (Lipinski definition) is 2. The molecule has 0 radical (unpaired) electrons. The van der Waals surface area contributed by atoms with Gasteiger partial charge in [0.05, 0.1) is 5.56 Å². The standard InChI is InChI=1S/C18H22FN3O/c1-2-3-11-21-18(23)15-6-9-17(22-13-15)20-12-10-14-4-7-16(19)8-5-14/h4-9,13H,2-3,10-12H2,1H3,(H,20,22)(H,21,23).